The maximum atomic E-state index is 13.7. The van der Waals surface area contributed by atoms with Gasteiger partial charge in [-0.05, 0) is 49.9 Å². The number of carbonyl (C=O) groups excluding carboxylic acids is 1. The molecule has 34 heavy (non-hydrogen) atoms. The first-order valence-corrected chi connectivity index (χ1v) is 12.1. The zero-order valence-electron chi connectivity index (χ0n) is 19.6. The van der Waals surface area contributed by atoms with E-state index >= 15 is 0 Å². The van der Waals surface area contributed by atoms with Crippen LogP contribution in [0.3, 0.4) is 0 Å². The zero-order chi connectivity index (χ0) is 23.3. The number of rotatable bonds is 8. The second-order valence-electron chi connectivity index (χ2n) is 8.92. The third-order valence-corrected chi connectivity index (χ3v) is 6.63. The summed E-state index contributed by atoms with van der Waals surface area (Å²) in [6.07, 6.45) is 4.28. The van der Waals surface area contributed by atoms with Crippen LogP contribution in [-0.2, 0) is 11.3 Å². The van der Waals surface area contributed by atoms with E-state index in [1.165, 1.54) is 0 Å². The lowest BCUT2D eigenvalue weighted by Crippen LogP contribution is -2.37. The van der Waals surface area contributed by atoms with Crippen LogP contribution in [0.25, 0.3) is 11.3 Å². The molecule has 2 aliphatic heterocycles. The summed E-state index contributed by atoms with van der Waals surface area (Å²) < 4.78 is 17.1. The number of hydrogen-bond donors (Lipinski definition) is 0. The summed E-state index contributed by atoms with van der Waals surface area (Å²) >= 11 is 0. The number of aromatic nitrogens is 1. The van der Waals surface area contributed by atoms with Crippen molar-refractivity contribution in [1.82, 2.24) is 10.1 Å². The Morgan fingerprint density at radius 3 is 2.53 bits per heavy atom. The molecule has 2 aromatic carbocycles. The highest BCUT2D eigenvalue weighted by Crippen LogP contribution is 2.34. The van der Waals surface area contributed by atoms with Crippen molar-refractivity contribution in [3.63, 3.8) is 0 Å². The number of nitrogens with zero attached hydrogens (tertiary/aromatic N) is 3. The third-order valence-electron chi connectivity index (χ3n) is 6.63. The molecule has 7 nitrogen and oxygen atoms in total. The van der Waals surface area contributed by atoms with Crippen molar-refractivity contribution in [2.24, 2.45) is 0 Å². The smallest absolute Gasteiger partial charge is 0.254 e. The lowest BCUT2D eigenvalue weighted by Gasteiger charge is -2.27. The van der Waals surface area contributed by atoms with Gasteiger partial charge >= 0.3 is 0 Å². The van der Waals surface area contributed by atoms with Gasteiger partial charge in [-0.1, -0.05) is 35.5 Å². The molecule has 3 aromatic rings. The van der Waals surface area contributed by atoms with Gasteiger partial charge in [-0.2, -0.15) is 0 Å². The largest absolute Gasteiger partial charge is 0.497 e. The maximum Gasteiger partial charge on any atom is 0.254 e. The second kappa shape index (κ2) is 10.3. The SMILES string of the molecule is COc1ccc(C(=O)N(Cc2c(-c3ccccc3)noc2N2CCCC2)CC2CCCO2)cc1. The van der Waals surface area contributed by atoms with Crippen LogP contribution in [0.15, 0.2) is 59.1 Å². The number of anilines is 1. The first-order chi connectivity index (χ1) is 16.7. The molecule has 1 amide bonds. The first-order valence-electron chi connectivity index (χ1n) is 12.1. The molecular weight excluding hydrogens is 430 g/mol. The van der Waals surface area contributed by atoms with Gasteiger partial charge in [-0.25, -0.2) is 0 Å². The lowest BCUT2D eigenvalue weighted by atomic mass is 10.1. The van der Waals surface area contributed by atoms with Crippen LogP contribution >= 0.6 is 0 Å². The average Bonchev–Trinajstić information content (AvgIpc) is 3.66. The number of carbonyl (C=O) groups is 1. The Balaban J connectivity index is 1.50. The van der Waals surface area contributed by atoms with Gasteiger partial charge in [0.15, 0.2) is 0 Å². The molecule has 2 saturated heterocycles. The highest BCUT2D eigenvalue weighted by atomic mass is 16.5. The van der Waals surface area contributed by atoms with Crippen LogP contribution in [0.1, 0.15) is 41.6 Å². The van der Waals surface area contributed by atoms with Gasteiger partial charge < -0.3 is 23.8 Å². The topological polar surface area (TPSA) is 68.0 Å². The van der Waals surface area contributed by atoms with Gasteiger partial charge in [0.25, 0.3) is 5.91 Å². The summed E-state index contributed by atoms with van der Waals surface area (Å²) in [6.45, 7) is 3.56. The highest BCUT2D eigenvalue weighted by molar-refractivity contribution is 5.94. The van der Waals surface area contributed by atoms with Gasteiger partial charge in [0, 0.05) is 37.4 Å². The predicted molar refractivity (Wildman–Crippen MR) is 130 cm³/mol. The van der Waals surface area contributed by atoms with E-state index in [4.69, 9.17) is 14.0 Å². The van der Waals surface area contributed by atoms with Crippen LogP contribution in [0.5, 0.6) is 5.75 Å². The highest BCUT2D eigenvalue weighted by Gasteiger charge is 2.30. The van der Waals surface area contributed by atoms with Crippen molar-refractivity contribution in [1.29, 1.82) is 0 Å². The van der Waals surface area contributed by atoms with Crippen LogP contribution in [-0.4, -0.2) is 55.4 Å². The molecule has 1 aromatic heterocycles. The molecule has 1 unspecified atom stereocenters. The Morgan fingerprint density at radius 2 is 1.85 bits per heavy atom. The van der Waals surface area contributed by atoms with Gasteiger partial charge in [0.1, 0.15) is 11.4 Å². The van der Waals surface area contributed by atoms with Crippen LogP contribution in [0.4, 0.5) is 5.88 Å². The molecule has 0 bridgehead atoms. The van der Waals surface area contributed by atoms with Crippen molar-refractivity contribution in [2.45, 2.75) is 38.3 Å². The van der Waals surface area contributed by atoms with Crippen LogP contribution in [0.2, 0.25) is 0 Å². The molecule has 2 aliphatic rings. The summed E-state index contributed by atoms with van der Waals surface area (Å²) in [6, 6.07) is 17.3. The van der Waals surface area contributed by atoms with Crippen LogP contribution < -0.4 is 9.64 Å². The third kappa shape index (κ3) is 4.80. The molecular formula is C27H31N3O4. The minimum absolute atomic E-state index is 0.0364. The molecule has 178 valence electrons. The van der Waals surface area contributed by atoms with Gasteiger partial charge in [0.2, 0.25) is 5.88 Å². The Hall–Kier alpha value is -3.32. The molecule has 0 saturated carbocycles. The first kappa shape index (κ1) is 22.5. The molecule has 5 rings (SSSR count). The fraction of sp³-hybridized carbons (Fsp3) is 0.407. The van der Waals surface area contributed by atoms with Crippen molar-refractivity contribution >= 4 is 11.8 Å². The van der Waals surface area contributed by atoms with Crippen molar-refractivity contribution in [3.8, 4) is 17.0 Å². The van der Waals surface area contributed by atoms with Crippen LogP contribution in [0, 0.1) is 0 Å². The summed E-state index contributed by atoms with van der Waals surface area (Å²) in [4.78, 5) is 17.8. The number of hydrogen-bond acceptors (Lipinski definition) is 6. The van der Waals surface area contributed by atoms with E-state index in [2.05, 4.69) is 10.1 Å². The normalized spacial score (nSPS) is 17.8. The van der Waals surface area contributed by atoms with Crippen molar-refractivity contribution < 1.29 is 18.8 Å². The fourth-order valence-electron chi connectivity index (χ4n) is 4.80. The minimum atomic E-state index is -0.0364. The molecule has 2 fully saturated rings. The van der Waals surface area contributed by atoms with E-state index in [0.29, 0.717) is 18.7 Å². The molecule has 0 aliphatic carbocycles. The lowest BCUT2D eigenvalue weighted by molar-refractivity contribution is 0.0507. The molecule has 0 spiro atoms. The summed E-state index contributed by atoms with van der Waals surface area (Å²) in [5, 5.41) is 4.47. The predicted octanol–water partition coefficient (Wildman–Crippen LogP) is 4.77. The maximum absolute atomic E-state index is 13.7. The van der Waals surface area contributed by atoms with Gasteiger partial charge in [0.05, 0.1) is 25.3 Å². The second-order valence-corrected chi connectivity index (χ2v) is 8.92. The Labute approximate surface area is 200 Å². The van der Waals surface area contributed by atoms with Crippen molar-refractivity contribution in [3.05, 3.63) is 65.7 Å². The molecule has 1 atom stereocenters. The van der Waals surface area contributed by atoms with E-state index in [0.717, 1.165) is 73.8 Å². The van der Waals surface area contributed by atoms with E-state index in [9.17, 15) is 4.79 Å². The standard InChI is InChI=1S/C27H31N3O4/c1-32-22-13-11-21(12-14-22)26(31)30(18-23-10-7-17-33-23)19-24-25(20-8-3-2-4-9-20)28-34-27(24)29-15-5-6-16-29/h2-4,8-9,11-14,23H,5-7,10,15-19H2,1H3. The van der Waals surface area contributed by atoms with Crippen molar-refractivity contribution in [2.75, 3.05) is 38.3 Å². The number of methoxy groups -OCH3 is 1. The zero-order valence-corrected chi connectivity index (χ0v) is 19.6. The minimum Gasteiger partial charge on any atom is -0.497 e. The summed E-state index contributed by atoms with van der Waals surface area (Å²) in [5.74, 6) is 1.46. The number of ether oxygens (including phenoxy) is 2. The number of amides is 1. The summed E-state index contributed by atoms with van der Waals surface area (Å²) in [7, 11) is 1.62. The van der Waals surface area contributed by atoms with E-state index in [1.807, 2.05) is 59.5 Å². The average molecular weight is 462 g/mol. The molecule has 7 heteroatoms. The Kier molecular flexibility index (Phi) is 6.81. The molecule has 3 heterocycles. The Morgan fingerprint density at radius 1 is 1.09 bits per heavy atom. The molecule has 0 N–H and O–H groups in total. The molecule has 0 radical (unpaired) electrons. The Bertz CT molecular complexity index is 1080. The fourth-order valence-corrected chi connectivity index (χ4v) is 4.80. The van der Waals surface area contributed by atoms with E-state index < -0.39 is 0 Å². The quantitative estimate of drug-likeness (QED) is 0.481. The summed E-state index contributed by atoms with van der Waals surface area (Å²) in [5.41, 5.74) is 3.36. The van der Waals surface area contributed by atoms with E-state index in [-0.39, 0.29) is 12.0 Å². The van der Waals surface area contributed by atoms with Gasteiger partial charge in [-0.15, -0.1) is 0 Å². The monoisotopic (exact) mass is 461 g/mol. The van der Waals surface area contributed by atoms with E-state index in [1.54, 1.807) is 7.11 Å². The number of benzene rings is 2. The van der Waals surface area contributed by atoms with Gasteiger partial charge in [-0.3, -0.25) is 4.79 Å².